The van der Waals surface area contributed by atoms with Gasteiger partial charge in [0.05, 0.1) is 31.4 Å². The van der Waals surface area contributed by atoms with Gasteiger partial charge in [-0.3, -0.25) is 14.5 Å². The van der Waals surface area contributed by atoms with E-state index in [4.69, 9.17) is 14.5 Å². The Morgan fingerprint density at radius 2 is 1.83 bits per heavy atom. The predicted octanol–water partition coefficient (Wildman–Crippen LogP) is 3.58. The molecular formula is C25H28N6O3S. The highest BCUT2D eigenvalue weighted by atomic mass is 32.1. The molecule has 1 amide bonds. The summed E-state index contributed by atoms with van der Waals surface area (Å²) >= 11 is 0. The molecule has 182 valence electrons. The summed E-state index contributed by atoms with van der Waals surface area (Å²) in [6, 6.07) is 11.7. The van der Waals surface area contributed by atoms with Crippen molar-refractivity contribution in [2.75, 3.05) is 25.7 Å². The Labute approximate surface area is 210 Å². The maximum absolute atomic E-state index is 11.9. The van der Waals surface area contributed by atoms with Crippen molar-refractivity contribution in [3.8, 4) is 22.6 Å². The molecule has 1 aliphatic heterocycles. The third kappa shape index (κ3) is 5.17. The first-order chi connectivity index (χ1) is 16.5. The molecule has 1 saturated heterocycles. The molecule has 0 spiro atoms. The number of carbonyl (C=O) groups excluding carboxylic acids is 1. The average Bonchev–Trinajstić information content (AvgIpc) is 3.49. The van der Waals surface area contributed by atoms with Crippen molar-refractivity contribution >= 4 is 41.9 Å². The fourth-order valence-electron chi connectivity index (χ4n) is 4.19. The molecule has 3 aromatic heterocycles. The first-order valence-electron chi connectivity index (χ1n) is 11.1. The predicted molar refractivity (Wildman–Crippen MR) is 140 cm³/mol. The van der Waals surface area contributed by atoms with E-state index in [2.05, 4.69) is 20.3 Å². The van der Waals surface area contributed by atoms with Crippen LogP contribution in [0.3, 0.4) is 0 Å². The molecule has 4 aromatic rings. The molecule has 1 fully saturated rings. The van der Waals surface area contributed by atoms with E-state index in [1.54, 1.807) is 18.9 Å². The molecule has 1 aliphatic rings. The second-order valence-electron chi connectivity index (χ2n) is 8.32. The number of rotatable bonds is 7. The van der Waals surface area contributed by atoms with Crippen LogP contribution in [0.2, 0.25) is 0 Å². The topological polar surface area (TPSA) is 94.4 Å². The Balaban J connectivity index is 0.00000289. The number of anilines is 2. The largest absolute Gasteiger partial charge is 0.497 e. The zero-order valence-electron chi connectivity index (χ0n) is 19.9. The van der Waals surface area contributed by atoms with E-state index in [-0.39, 0.29) is 25.4 Å². The molecule has 1 atom stereocenters. The van der Waals surface area contributed by atoms with Crippen LogP contribution in [0.1, 0.15) is 12.8 Å². The van der Waals surface area contributed by atoms with Gasteiger partial charge in [-0.2, -0.15) is 18.6 Å². The first kappa shape index (κ1) is 24.3. The van der Waals surface area contributed by atoms with Crippen molar-refractivity contribution in [1.29, 1.82) is 0 Å². The molecule has 0 bridgehead atoms. The summed E-state index contributed by atoms with van der Waals surface area (Å²) in [6.45, 7) is 0.566. The van der Waals surface area contributed by atoms with Crippen LogP contribution in [0, 0.1) is 0 Å². The smallest absolute Gasteiger partial charge is 0.220 e. The van der Waals surface area contributed by atoms with Gasteiger partial charge in [-0.25, -0.2) is 4.98 Å². The Bertz CT molecular complexity index is 1340. The van der Waals surface area contributed by atoms with Crippen LogP contribution in [0.5, 0.6) is 11.5 Å². The number of amides is 1. The Morgan fingerprint density at radius 1 is 1.06 bits per heavy atom. The van der Waals surface area contributed by atoms with Crippen LogP contribution in [-0.2, 0) is 11.8 Å². The minimum atomic E-state index is 0. The van der Waals surface area contributed by atoms with E-state index >= 15 is 0 Å². The normalized spacial score (nSPS) is 14.9. The van der Waals surface area contributed by atoms with Gasteiger partial charge in [0.1, 0.15) is 17.3 Å². The van der Waals surface area contributed by atoms with Gasteiger partial charge in [-0.15, -0.1) is 0 Å². The van der Waals surface area contributed by atoms with Gasteiger partial charge in [-0.05, 0) is 24.6 Å². The minimum Gasteiger partial charge on any atom is -0.497 e. The standard InChI is InChI=1S/C25H26N6O3.H2S/c1-30-14-17(13-27-30)16-8-23-22(26-12-16)5-6-24(29-23)31(15-18-4-7-25(32)28-18)19-9-20(33-2)11-21(10-19)34-3;/h5-6,8-14,18H,4,7,15H2,1-3H3,(H,28,32);1H2. The Morgan fingerprint density at radius 3 is 2.46 bits per heavy atom. The number of hydrogen-bond acceptors (Lipinski definition) is 7. The number of aromatic nitrogens is 4. The number of benzene rings is 1. The lowest BCUT2D eigenvalue weighted by Crippen LogP contribution is -2.36. The highest BCUT2D eigenvalue weighted by Gasteiger charge is 2.25. The molecule has 4 heterocycles. The van der Waals surface area contributed by atoms with Gasteiger partial charge in [-0.1, -0.05) is 0 Å². The summed E-state index contributed by atoms with van der Waals surface area (Å²) in [7, 11) is 5.14. The second-order valence-corrected chi connectivity index (χ2v) is 8.32. The molecule has 1 unspecified atom stereocenters. The van der Waals surface area contributed by atoms with Gasteiger partial charge < -0.3 is 19.7 Å². The lowest BCUT2D eigenvalue weighted by molar-refractivity contribution is -0.119. The van der Waals surface area contributed by atoms with Crippen LogP contribution in [-0.4, -0.2) is 52.5 Å². The van der Waals surface area contributed by atoms with Crippen LogP contribution >= 0.6 is 13.5 Å². The van der Waals surface area contributed by atoms with E-state index in [1.165, 1.54) is 0 Å². The molecule has 10 heteroatoms. The van der Waals surface area contributed by atoms with Crippen molar-refractivity contribution in [3.63, 3.8) is 0 Å². The molecule has 35 heavy (non-hydrogen) atoms. The van der Waals surface area contributed by atoms with Crippen molar-refractivity contribution in [2.24, 2.45) is 7.05 Å². The molecule has 0 aliphatic carbocycles. The number of nitrogens with zero attached hydrogens (tertiary/aromatic N) is 5. The number of hydrogen-bond donors (Lipinski definition) is 1. The lowest BCUT2D eigenvalue weighted by Gasteiger charge is -2.28. The van der Waals surface area contributed by atoms with Gasteiger partial charge in [0.2, 0.25) is 5.91 Å². The maximum Gasteiger partial charge on any atom is 0.220 e. The van der Waals surface area contributed by atoms with Crippen LogP contribution in [0.4, 0.5) is 11.5 Å². The molecule has 5 rings (SSSR count). The summed E-state index contributed by atoms with van der Waals surface area (Å²) in [4.78, 5) is 23.5. The maximum atomic E-state index is 11.9. The highest BCUT2D eigenvalue weighted by Crippen LogP contribution is 2.34. The summed E-state index contributed by atoms with van der Waals surface area (Å²) in [5.41, 5.74) is 4.36. The molecule has 1 aromatic carbocycles. The quantitative estimate of drug-likeness (QED) is 0.421. The number of ether oxygens (including phenoxy) is 2. The van der Waals surface area contributed by atoms with Gasteiger partial charge >= 0.3 is 0 Å². The summed E-state index contributed by atoms with van der Waals surface area (Å²) in [5.74, 6) is 2.17. The van der Waals surface area contributed by atoms with E-state index in [1.807, 2.05) is 62.0 Å². The zero-order chi connectivity index (χ0) is 23.7. The number of methoxy groups -OCH3 is 2. The first-order valence-corrected chi connectivity index (χ1v) is 11.1. The highest BCUT2D eigenvalue weighted by molar-refractivity contribution is 7.59. The fourth-order valence-corrected chi connectivity index (χ4v) is 4.19. The summed E-state index contributed by atoms with van der Waals surface area (Å²) in [6.07, 6.45) is 6.90. The van der Waals surface area contributed by atoms with Crippen LogP contribution < -0.4 is 19.7 Å². The molecule has 0 saturated carbocycles. The van der Waals surface area contributed by atoms with Gasteiger partial charge in [0.25, 0.3) is 0 Å². The number of aryl methyl sites for hydroxylation is 1. The third-order valence-corrected chi connectivity index (χ3v) is 5.97. The second kappa shape index (κ2) is 10.2. The molecular weight excluding hydrogens is 464 g/mol. The summed E-state index contributed by atoms with van der Waals surface area (Å²) < 4.78 is 12.7. The van der Waals surface area contributed by atoms with E-state index in [9.17, 15) is 4.79 Å². The van der Waals surface area contributed by atoms with Crippen molar-refractivity contribution in [2.45, 2.75) is 18.9 Å². The van der Waals surface area contributed by atoms with E-state index in [0.717, 1.165) is 40.1 Å². The molecule has 0 radical (unpaired) electrons. The zero-order valence-corrected chi connectivity index (χ0v) is 20.9. The van der Waals surface area contributed by atoms with Gasteiger partial charge in [0, 0.05) is 73.5 Å². The Kier molecular flexibility index (Phi) is 7.11. The third-order valence-electron chi connectivity index (χ3n) is 5.97. The van der Waals surface area contributed by atoms with Crippen LogP contribution in [0.25, 0.3) is 22.2 Å². The van der Waals surface area contributed by atoms with E-state index in [0.29, 0.717) is 24.5 Å². The monoisotopic (exact) mass is 492 g/mol. The number of fused-ring (bicyclic) bond motifs is 1. The van der Waals surface area contributed by atoms with Gasteiger partial charge in [0.15, 0.2) is 0 Å². The number of nitrogens with one attached hydrogen (secondary N) is 1. The minimum absolute atomic E-state index is 0. The Hall–Kier alpha value is -3.79. The molecule has 9 nitrogen and oxygen atoms in total. The number of carbonyl (C=O) groups is 1. The fraction of sp³-hybridized carbons (Fsp3) is 0.280. The molecule has 1 N–H and O–H groups in total. The van der Waals surface area contributed by atoms with Crippen molar-refractivity contribution < 1.29 is 14.3 Å². The van der Waals surface area contributed by atoms with E-state index < -0.39 is 0 Å². The average molecular weight is 493 g/mol. The lowest BCUT2D eigenvalue weighted by atomic mass is 10.1. The number of pyridine rings is 2. The van der Waals surface area contributed by atoms with Crippen LogP contribution in [0.15, 0.2) is 55.0 Å². The SMILES string of the molecule is COc1cc(OC)cc(N(CC2CCC(=O)N2)c2ccc3ncc(-c4cnn(C)c4)cc3n2)c1.S. The van der Waals surface area contributed by atoms with Crippen molar-refractivity contribution in [1.82, 2.24) is 25.1 Å². The van der Waals surface area contributed by atoms with Crippen molar-refractivity contribution in [3.05, 3.63) is 55.0 Å². The summed E-state index contributed by atoms with van der Waals surface area (Å²) in [5, 5.41) is 7.32.